The molecular formula is C78H110F5N31O21. The van der Waals surface area contributed by atoms with Crippen molar-refractivity contribution in [1.82, 2.24) is 24.5 Å². The average molecular weight is 1910 g/mol. The van der Waals surface area contributed by atoms with Gasteiger partial charge in [0.05, 0.1) is 25.0 Å². The first-order chi connectivity index (χ1) is 63.7. The lowest BCUT2D eigenvalue weighted by molar-refractivity contribution is -0.178. The van der Waals surface area contributed by atoms with E-state index in [0.29, 0.717) is 12.8 Å². The molecule has 52 nitrogen and oxygen atoms in total. The third kappa shape index (κ3) is 26.9. The van der Waals surface area contributed by atoms with Gasteiger partial charge >= 0.3 is 35.8 Å². The number of azide groups is 5. The van der Waals surface area contributed by atoms with Crippen LogP contribution >= 0.6 is 0 Å². The van der Waals surface area contributed by atoms with Crippen molar-refractivity contribution in [3.05, 3.63) is 176 Å². The molecule has 135 heavy (non-hydrogen) atoms. The van der Waals surface area contributed by atoms with Crippen LogP contribution in [-0.2, 0) is 80.9 Å². The number of hydrogen-bond acceptors (Lipinski definition) is 42. The van der Waals surface area contributed by atoms with Crippen LogP contribution in [0, 0.1) is 17.8 Å². The Morgan fingerprint density at radius 1 is 0.422 bits per heavy atom. The topological polar surface area (TPSA) is 763 Å². The fourth-order valence-electron chi connectivity index (χ4n) is 13.2. The molecule has 0 radical (unpaired) electrons. The Morgan fingerprint density at radius 2 is 0.696 bits per heavy atom. The Kier molecular flexibility index (Phi) is 40.3. The molecule has 10 aliphatic heterocycles. The quantitative estimate of drug-likeness (QED) is 0.00612. The van der Waals surface area contributed by atoms with E-state index < -0.39 is 208 Å². The van der Waals surface area contributed by atoms with Gasteiger partial charge in [0.2, 0.25) is 28.6 Å². The second-order valence-corrected chi connectivity index (χ2v) is 31.4. The molecule has 0 aromatic carbocycles. The van der Waals surface area contributed by atoms with Gasteiger partial charge in [0.15, 0.2) is 80.3 Å². The summed E-state index contributed by atoms with van der Waals surface area (Å²) >= 11 is 0. The summed E-state index contributed by atoms with van der Waals surface area (Å²) in [5, 5.41) is 56.8. The fourth-order valence-corrected chi connectivity index (χ4v) is 13.2. The molecule has 16 N–H and O–H groups in total. The van der Waals surface area contributed by atoms with Gasteiger partial charge in [0.25, 0.3) is 0 Å². The molecule has 738 valence electrons. The molecule has 0 bridgehead atoms. The van der Waals surface area contributed by atoms with Gasteiger partial charge in [-0.05, 0) is 76.8 Å². The number of hydrogen-bond donors (Lipinski definition) is 10. The number of alkyl halides is 5. The van der Waals surface area contributed by atoms with Crippen molar-refractivity contribution >= 4 is 65.0 Å². The highest BCUT2D eigenvalue weighted by Crippen LogP contribution is 2.46. The van der Waals surface area contributed by atoms with Crippen LogP contribution in [0.15, 0.2) is 174 Å². The predicted molar refractivity (Wildman–Crippen MR) is 467 cm³/mol. The first-order valence-electron chi connectivity index (χ1n) is 41.6. The number of carbonyl (C=O) groups is 6. The van der Waals surface area contributed by atoms with E-state index in [1.807, 2.05) is 13.8 Å². The number of amidine groups is 5. The van der Waals surface area contributed by atoms with Crippen molar-refractivity contribution in [2.24, 2.45) is 103 Å². The average Bonchev–Trinajstić information content (AvgIpc) is 1.63. The van der Waals surface area contributed by atoms with E-state index in [1.54, 1.807) is 41.5 Å². The van der Waals surface area contributed by atoms with Gasteiger partial charge < -0.3 is 131 Å². The van der Waals surface area contributed by atoms with Crippen molar-refractivity contribution in [2.45, 2.75) is 247 Å². The molecule has 0 aromatic rings. The highest BCUT2D eigenvalue weighted by molar-refractivity contribution is 5.95. The Bertz CT molecular complexity index is 4940. The molecule has 10 aliphatic rings. The van der Waals surface area contributed by atoms with Crippen LogP contribution < -0.4 is 34.4 Å². The van der Waals surface area contributed by atoms with Crippen molar-refractivity contribution in [2.75, 3.05) is 33.0 Å². The number of aliphatic hydroxyl groups is 4. The lowest BCUT2D eigenvalue weighted by atomic mass is 10.1. The number of nitrogens with zero attached hydrogens (tertiary/aromatic N) is 25. The number of carbonyl (C=O) groups excluding carboxylic acids is 6. The summed E-state index contributed by atoms with van der Waals surface area (Å²) in [5.41, 5.74) is 67.2. The summed E-state index contributed by atoms with van der Waals surface area (Å²) < 4.78 is 134. The van der Waals surface area contributed by atoms with E-state index in [0.717, 1.165) is 25.7 Å². The Balaban J connectivity index is 0.000000261. The van der Waals surface area contributed by atoms with E-state index in [-0.39, 0.29) is 83.5 Å². The summed E-state index contributed by atoms with van der Waals surface area (Å²) in [4.78, 5) is 110. The first-order valence-corrected chi connectivity index (χ1v) is 41.6. The predicted octanol–water partition coefficient (Wildman–Crippen LogP) is 6.66. The van der Waals surface area contributed by atoms with Gasteiger partial charge in [-0.3, -0.25) is 28.8 Å². The van der Waals surface area contributed by atoms with E-state index in [2.05, 4.69) is 108 Å². The van der Waals surface area contributed by atoms with Crippen LogP contribution in [-0.4, -0.2) is 270 Å². The number of esters is 6. The molecule has 0 spiro atoms. The van der Waals surface area contributed by atoms with E-state index in [1.165, 1.54) is 92.8 Å². The monoisotopic (exact) mass is 1910 g/mol. The Morgan fingerprint density at radius 3 is 1.00 bits per heavy atom. The highest BCUT2D eigenvalue weighted by Gasteiger charge is 2.65. The minimum absolute atomic E-state index is 0.0250. The standard InChI is InChI=1S/C22H33FN6O5.C15H22FN7O4.2C14H19FN6O4.C13H17FN6O4/c1-4-6-8-10-17(30)32-14-22(27-28-25)20(33-18(31)11-9-7-5-2)19(23)21(34-22)29-13-12-16(24)26-15(29)3;1-7(2)11(18)14(25)26-6-15(21-22-19)12(24)10(16)13(27-15)23-5-4-9(17)20-8(23)3;1-7(2)13(23)24-6-14(19-20-17)11(22)10(15)12(25-14)21-5-4-9(16)18-8(21)3;1-7(2)13(23)24-11-10(15)12(25-14(11,6-22)19-20-17)21-5-4-9(16)18-8(21)3;1-3-9(22)23-11-10(14)12(24-13(11,6-21)18-19-16)20-5-4-8(15)17-7(20)2/h12-13,19-21H,3-11,14H2,1-2H3,(H2,24,26);4-5,7,10-13,24H,3,6,18H2,1-2H3,(H2,17,20);2*4-5,7,10-12,22H,3,6H2,1-2H3,(H2,16,18);4-5,10-12,21H,2-3,6H2,1H3,(H2,15,17)/t19-,20+,21-,22-;10-,11?,12+,13-,15-;2*10-,11+,12-,14-;10-,11+,12-,13-/m11111/s1. The van der Waals surface area contributed by atoms with Crippen LogP contribution in [0.1, 0.15) is 120 Å². The molecule has 0 aromatic heterocycles. The molecular weight excluding hydrogens is 1800 g/mol. The number of rotatable bonds is 34. The number of nitrogens with two attached hydrogens (primary N) is 6. The summed E-state index contributed by atoms with van der Waals surface area (Å²) in [6, 6.07) is -0.939. The molecule has 5 fully saturated rings. The van der Waals surface area contributed by atoms with E-state index in [9.17, 15) is 67.9 Å². The molecule has 5 saturated heterocycles. The van der Waals surface area contributed by atoms with Gasteiger partial charge in [0, 0.05) is 74.8 Å². The van der Waals surface area contributed by atoms with Gasteiger partial charge in [-0.1, -0.05) is 146 Å². The molecule has 1 unspecified atom stereocenters. The van der Waals surface area contributed by atoms with E-state index in [4.69, 9.17) is 109 Å². The van der Waals surface area contributed by atoms with Crippen LogP contribution in [0.25, 0.3) is 52.2 Å². The van der Waals surface area contributed by atoms with Crippen molar-refractivity contribution in [3.8, 4) is 0 Å². The van der Waals surface area contributed by atoms with Gasteiger partial charge in [-0.25, -0.2) is 46.9 Å². The second-order valence-electron chi connectivity index (χ2n) is 31.4. The number of aliphatic imine (C=N–C) groups is 5. The Labute approximate surface area is 768 Å². The summed E-state index contributed by atoms with van der Waals surface area (Å²) in [7, 11) is 0. The SMILES string of the molecule is C=C1N=C(N)C=CN1[C@@H]1O[C@@](CO)(N=[N+]=[N-])[C@@H](OC(=O)C(C)C)[C@H]1F.C=C1N=C(N)C=CN1[C@@H]1O[C@@](CO)(N=[N+]=[N-])[C@@H](OC(=O)CC)[C@H]1F.C=C1N=C(N)C=CN1[C@@H]1O[C@@](COC(=O)C(C)C)(N=[N+]=[N-])[C@@H](O)[C@H]1F.C=C1N=C(N)C=CN1[C@@H]1O[C@@](COC(=O)C(N)C(C)C)(N=[N+]=[N-])[C@@H](O)[C@H]1F.C=C1N=C(N)C=CN1[C@@H]1O[C@@](COC(=O)CCCCC)(N=[N+]=[N-])[C@@H](OC(=O)CCCCC)[C@H]1F. The minimum Gasteiger partial charge on any atom is -0.462 e. The number of halogens is 5. The maximum Gasteiger partial charge on any atom is 0.323 e. The normalized spacial score (nSPS) is 30.4. The zero-order valence-electron chi connectivity index (χ0n) is 74.9. The zero-order valence-corrected chi connectivity index (χ0v) is 74.9. The number of aliphatic hydroxyl groups excluding tert-OH is 4. The maximum atomic E-state index is 15.7. The first kappa shape index (κ1) is 110. The third-order valence-electron chi connectivity index (χ3n) is 20.7. The van der Waals surface area contributed by atoms with Gasteiger partial charge in [0.1, 0.15) is 96.4 Å². The Hall–Kier alpha value is -13.6. The van der Waals surface area contributed by atoms with Crippen LogP contribution in [0.3, 0.4) is 0 Å². The number of unbranched alkanes of at least 4 members (excludes halogenated alkanes) is 4. The molecule has 10 heterocycles. The zero-order chi connectivity index (χ0) is 101. The second kappa shape index (κ2) is 49.4. The van der Waals surface area contributed by atoms with Gasteiger partial charge in [-0.15, -0.1) is 0 Å². The molecule has 0 saturated carbocycles. The maximum absolute atomic E-state index is 15.7. The van der Waals surface area contributed by atoms with Crippen LogP contribution in [0.2, 0.25) is 0 Å². The molecule has 21 atom stereocenters. The lowest BCUT2D eigenvalue weighted by Gasteiger charge is -2.31. The van der Waals surface area contributed by atoms with Crippen LogP contribution in [0.4, 0.5) is 22.0 Å². The fraction of sp³-hybridized carbons (Fsp3) is 0.603. The smallest absolute Gasteiger partial charge is 0.323 e. The third-order valence-corrected chi connectivity index (χ3v) is 20.7. The lowest BCUT2D eigenvalue weighted by Crippen LogP contribution is -2.47. The number of ether oxygens (including phenoxy) is 11. The highest BCUT2D eigenvalue weighted by atomic mass is 19.2. The molecule has 0 aliphatic carbocycles. The van der Waals surface area contributed by atoms with E-state index >= 15 is 8.78 Å². The van der Waals surface area contributed by atoms with Gasteiger partial charge in [-0.2, -0.15) is 0 Å². The van der Waals surface area contributed by atoms with Crippen LogP contribution in [0.5, 0.6) is 0 Å². The molecule has 0 amide bonds. The summed E-state index contributed by atoms with van der Waals surface area (Å²) in [5.74, 6) is -4.12. The summed E-state index contributed by atoms with van der Waals surface area (Å²) in [6.45, 7) is 29.8. The van der Waals surface area contributed by atoms with Crippen molar-refractivity contribution in [1.29, 1.82) is 0 Å². The largest absolute Gasteiger partial charge is 0.462 e. The van der Waals surface area contributed by atoms with Crippen molar-refractivity contribution in [3.63, 3.8) is 0 Å². The van der Waals surface area contributed by atoms with Crippen molar-refractivity contribution < 1.29 is 123 Å². The molecule has 57 heteroatoms. The summed E-state index contributed by atoms with van der Waals surface area (Å²) in [6.07, 6.45) is -6.89. The molecule has 10 rings (SSSR count). The minimum atomic E-state index is -2.17.